The average molecular weight is 405 g/mol. The maximum atomic E-state index is 13.3. The van der Waals surface area contributed by atoms with E-state index in [2.05, 4.69) is 31.6 Å². The molecule has 0 aliphatic rings. The van der Waals surface area contributed by atoms with Crippen molar-refractivity contribution in [3.05, 3.63) is 60.2 Å². The van der Waals surface area contributed by atoms with Crippen LogP contribution >= 0.6 is 0 Å². The Hall–Kier alpha value is -4.32. The van der Waals surface area contributed by atoms with Crippen molar-refractivity contribution < 1.29 is 18.6 Å². The zero-order valence-electron chi connectivity index (χ0n) is 15.8. The number of aromatic amines is 1. The molecule has 30 heavy (non-hydrogen) atoms. The largest absolute Gasteiger partial charge is 0.493 e. The topological polar surface area (TPSA) is 94.2 Å². The van der Waals surface area contributed by atoms with Crippen molar-refractivity contribution in [1.82, 2.24) is 20.2 Å². The molecular weight excluding hydrogens is 389 g/mol. The second-order valence-corrected chi connectivity index (χ2v) is 6.10. The highest BCUT2D eigenvalue weighted by molar-refractivity contribution is 5.93. The molecule has 0 fully saturated rings. The molecule has 4 aromatic rings. The van der Waals surface area contributed by atoms with E-state index < -0.39 is 0 Å². The molecule has 0 atom stereocenters. The van der Waals surface area contributed by atoms with Crippen LogP contribution in [0.2, 0.25) is 0 Å². The third-order valence-electron chi connectivity index (χ3n) is 4.19. The lowest BCUT2D eigenvalue weighted by molar-refractivity contribution is 0.284. The van der Waals surface area contributed by atoms with Crippen LogP contribution in [0.15, 0.2) is 48.8 Å². The summed E-state index contributed by atoms with van der Waals surface area (Å²) >= 11 is 0. The Kier molecular flexibility index (Phi) is 5.30. The van der Waals surface area contributed by atoms with Crippen LogP contribution in [0.3, 0.4) is 0 Å². The zero-order chi connectivity index (χ0) is 20.9. The normalized spacial score (nSPS) is 10.4. The van der Waals surface area contributed by atoms with Crippen molar-refractivity contribution in [3.8, 4) is 29.9 Å². The maximum absolute atomic E-state index is 13.3. The van der Waals surface area contributed by atoms with E-state index in [0.29, 0.717) is 39.6 Å². The summed E-state index contributed by atoms with van der Waals surface area (Å²) in [5.41, 5.74) is 1.86. The van der Waals surface area contributed by atoms with Crippen molar-refractivity contribution in [2.75, 3.05) is 12.4 Å². The summed E-state index contributed by atoms with van der Waals surface area (Å²) in [7, 11) is 1.53. The molecule has 0 amide bonds. The Bertz CT molecular complexity index is 1240. The summed E-state index contributed by atoms with van der Waals surface area (Å²) in [6.07, 6.45) is 8.68. The fourth-order valence-corrected chi connectivity index (χ4v) is 2.85. The number of H-pyrrole nitrogens is 1. The van der Waals surface area contributed by atoms with Crippen LogP contribution in [0.5, 0.6) is 17.4 Å². The highest BCUT2D eigenvalue weighted by Crippen LogP contribution is 2.34. The van der Waals surface area contributed by atoms with Gasteiger partial charge in [-0.3, -0.25) is 5.10 Å². The quantitative estimate of drug-likeness (QED) is 0.452. The van der Waals surface area contributed by atoms with Gasteiger partial charge in [-0.15, -0.1) is 5.10 Å². The van der Waals surface area contributed by atoms with E-state index in [-0.39, 0.29) is 18.3 Å². The predicted molar refractivity (Wildman–Crippen MR) is 108 cm³/mol. The highest BCUT2D eigenvalue weighted by Gasteiger charge is 2.15. The first-order chi connectivity index (χ1) is 14.7. The second-order valence-electron chi connectivity index (χ2n) is 6.10. The molecule has 0 aliphatic carbocycles. The molecule has 0 unspecified atom stereocenters. The monoisotopic (exact) mass is 405 g/mol. The number of anilines is 2. The molecule has 0 spiro atoms. The molecule has 4 rings (SSSR count). The molecule has 2 aromatic heterocycles. The summed E-state index contributed by atoms with van der Waals surface area (Å²) in [6.45, 7) is 0.204. The highest BCUT2D eigenvalue weighted by atomic mass is 19.1. The maximum Gasteiger partial charge on any atom is 0.262 e. The number of ether oxygens (including phenoxy) is 3. The van der Waals surface area contributed by atoms with E-state index in [1.54, 1.807) is 30.3 Å². The number of rotatable bonds is 7. The van der Waals surface area contributed by atoms with E-state index in [1.165, 1.54) is 25.6 Å². The number of nitrogens with one attached hydrogen (secondary N) is 2. The fraction of sp³-hybridized carbons (Fsp3) is 0.0952. The summed E-state index contributed by atoms with van der Waals surface area (Å²) < 4.78 is 29.6. The lowest BCUT2D eigenvalue weighted by Gasteiger charge is -2.13. The second kappa shape index (κ2) is 8.36. The van der Waals surface area contributed by atoms with Gasteiger partial charge < -0.3 is 19.5 Å². The molecular formula is C21H16FN5O3. The van der Waals surface area contributed by atoms with Gasteiger partial charge in [0.05, 0.1) is 7.11 Å². The van der Waals surface area contributed by atoms with E-state index in [9.17, 15) is 4.39 Å². The first-order valence-corrected chi connectivity index (χ1v) is 8.81. The molecule has 0 saturated heterocycles. The molecule has 150 valence electrons. The van der Waals surface area contributed by atoms with Crippen LogP contribution in [-0.2, 0) is 6.61 Å². The van der Waals surface area contributed by atoms with Gasteiger partial charge in [0.2, 0.25) is 0 Å². The minimum Gasteiger partial charge on any atom is -0.493 e. The standard InChI is InChI=1S/C21H16FN5O3/c1-3-29-21-18-19(23-12-24-20(18)26-27-21)25-15-7-8-16(17(10-15)28-2)30-11-13-5-4-6-14(22)9-13/h1,4-10,12H,11H2,2H3,(H2,23,24,25,26,27). The summed E-state index contributed by atoms with van der Waals surface area (Å²) in [5, 5.41) is 10.4. The van der Waals surface area contributed by atoms with Crippen LogP contribution in [0.1, 0.15) is 5.56 Å². The Balaban J connectivity index is 1.57. The van der Waals surface area contributed by atoms with E-state index >= 15 is 0 Å². The van der Waals surface area contributed by atoms with Crippen LogP contribution in [0.25, 0.3) is 11.0 Å². The first-order valence-electron chi connectivity index (χ1n) is 8.81. The molecule has 0 bridgehead atoms. The first kappa shape index (κ1) is 19.0. The van der Waals surface area contributed by atoms with Crippen molar-refractivity contribution in [2.45, 2.75) is 6.61 Å². The Morgan fingerprint density at radius 1 is 1.17 bits per heavy atom. The molecule has 2 aromatic carbocycles. The van der Waals surface area contributed by atoms with Crippen LogP contribution < -0.4 is 19.5 Å². The van der Waals surface area contributed by atoms with Gasteiger partial charge in [-0.2, -0.15) is 0 Å². The smallest absolute Gasteiger partial charge is 0.262 e. The van der Waals surface area contributed by atoms with Gasteiger partial charge in [-0.1, -0.05) is 18.6 Å². The minimum absolute atomic E-state index is 0.192. The average Bonchev–Trinajstić information content (AvgIpc) is 3.17. The number of methoxy groups -OCH3 is 1. The number of fused-ring (bicyclic) bond motifs is 1. The summed E-state index contributed by atoms with van der Waals surface area (Å²) in [6, 6.07) is 11.5. The molecule has 8 nitrogen and oxygen atoms in total. The lowest BCUT2D eigenvalue weighted by Crippen LogP contribution is -2.00. The number of terminal acetylenes is 1. The zero-order valence-corrected chi connectivity index (χ0v) is 15.8. The molecule has 2 N–H and O–H groups in total. The molecule has 0 radical (unpaired) electrons. The Labute approximate surface area is 171 Å². The van der Waals surface area contributed by atoms with E-state index in [0.717, 1.165) is 0 Å². The number of hydrogen-bond donors (Lipinski definition) is 2. The number of hydrogen-bond acceptors (Lipinski definition) is 7. The van der Waals surface area contributed by atoms with Crippen molar-refractivity contribution in [1.29, 1.82) is 0 Å². The van der Waals surface area contributed by atoms with Crippen LogP contribution in [-0.4, -0.2) is 27.3 Å². The van der Waals surface area contributed by atoms with Gasteiger partial charge in [-0.05, 0) is 29.8 Å². The van der Waals surface area contributed by atoms with Gasteiger partial charge in [-0.25, -0.2) is 14.4 Å². The number of halogens is 1. The minimum atomic E-state index is -0.314. The number of nitrogens with zero attached hydrogens (tertiary/aromatic N) is 3. The SMILES string of the molecule is C#COc1n[nH]c2ncnc(Nc3ccc(OCc4cccc(F)c4)c(OC)c3)c12. The lowest BCUT2D eigenvalue weighted by atomic mass is 10.2. The molecule has 9 heteroatoms. The summed E-state index contributed by atoms with van der Waals surface area (Å²) in [5.74, 6) is 1.34. The van der Waals surface area contributed by atoms with E-state index in [1.807, 2.05) is 0 Å². The van der Waals surface area contributed by atoms with Gasteiger partial charge in [0.1, 0.15) is 36.1 Å². The Morgan fingerprint density at radius 2 is 2.07 bits per heavy atom. The van der Waals surface area contributed by atoms with E-state index in [4.69, 9.17) is 20.6 Å². The predicted octanol–water partition coefficient (Wildman–Crippen LogP) is 3.79. The fourth-order valence-electron chi connectivity index (χ4n) is 2.85. The van der Waals surface area contributed by atoms with Crippen molar-refractivity contribution >= 4 is 22.5 Å². The molecule has 0 saturated carbocycles. The number of benzene rings is 2. The van der Waals surface area contributed by atoms with Crippen LogP contribution in [0.4, 0.5) is 15.9 Å². The van der Waals surface area contributed by atoms with Gasteiger partial charge in [0.15, 0.2) is 17.1 Å². The number of aromatic nitrogens is 4. The molecule has 2 heterocycles. The third kappa shape index (κ3) is 3.93. The van der Waals surface area contributed by atoms with Gasteiger partial charge in [0, 0.05) is 11.8 Å². The summed E-state index contributed by atoms with van der Waals surface area (Å²) in [4.78, 5) is 8.35. The molecule has 0 aliphatic heterocycles. The Morgan fingerprint density at radius 3 is 2.87 bits per heavy atom. The van der Waals surface area contributed by atoms with Crippen molar-refractivity contribution in [3.63, 3.8) is 0 Å². The van der Waals surface area contributed by atoms with Crippen molar-refractivity contribution in [2.24, 2.45) is 0 Å². The van der Waals surface area contributed by atoms with Crippen LogP contribution in [0, 0.1) is 18.3 Å². The van der Waals surface area contributed by atoms with Gasteiger partial charge in [0.25, 0.3) is 5.88 Å². The third-order valence-corrected chi connectivity index (χ3v) is 4.19. The van der Waals surface area contributed by atoms with Gasteiger partial charge >= 0.3 is 0 Å².